The largest absolute Gasteiger partial charge is 0.405 e. The van der Waals surface area contributed by atoms with E-state index in [0.717, 1.165) is 12.8 Å². The van der Waals surface area contributed by atoms with Crippen molar-refractivity contribution in [3.63, 3.8) is 0 Å². The number of sulfonamides is 1. The molecule has 31 heavy (non-hydrogen) atoms. The van der Waals surface area contributed by atoms with Crippen LogP contribution >= 0.6 is 0 Å². The monoisotopic (exact) mass is 461 g/mol. The third-order valence-electron chi connectivity index (χ3n) is 6.49. The van der Waals surface area contributed by atoms with E-state index in [4.69, 9.17) is 14.3 Å². The molecule has 0 saturated carbocycles. The van der Waals surface area contributed by atoms with E-state index in [0.29, 0.717) is 13.2 Å². The molecule has 2 N–H and O–H groups in total. The minimum absolute atomic E-state index is 0.0504. The van der Waals surface area contributed by atoms with Crippen LogP contribution in [-0.2, 0) is 19.2 Å². The number of ether oxygens (including phenoxy) is 1. The minimum atomic E-state index is -3.55. The molecule has 0 aromatic heterocycles. The number of hydrogen-bond acceptors (Lipinski definition) is 4. The van der Waals surface area contributed by atoms with E-state index in [9.17, 15) is 8.42 Å². The molecule has 170 valence electrons. The number of primary sulfonamides is 1. The average molecular weight is 462 g/mol. The van der Waals surface area contributed by atoms with Crippen LogP contribution in [0.2, 0.25) is 5.04 Å². The zero-order valence-electron chi connectivity index (χ0n) is 19.0. The Morgan fingerprint density at radius 1 is 1.03 bits per heavy atom. The molecule has 7 heteroatoms. The zero-order valence-corrected chi connectivity index (χ0v) is 20.8. The van der Waals surface area contributed by atoms with Crippen LogP contribution in [0.5, 0.6) is 0 Å². The van der Waals surface area contributed by atoms with E-state index in [1.165, 1.54) is 10.4 Å². The van der Waals surface area contributed by atoms with Crippen molar-refractivity contribution in [1.29, 1.82) is 0 Å². The zero-order chi connectivity index (χ0) is 22.7. The summed E-state index contributed by atoms with van der Waals surface area (Å²) in [6, 6.07) is 21.1. The summed E-state index contributed by atoms with van der Waals surface area (Å²) in [5, 5.41) is 7.14. The van der Waals surface area contributed by atoms with Gasteiger partial charge in [-0.1, -0.05) is 81.4 Å². The number of benzene rings is 2. The predicted octanol–water partition coefficient (Wildman–Crippen LogP) is 3.04. The Bertz CT molecular complexity index is 897. The normalized spacial score (nSPS) is 21.6. The van der Waals surface area contributed by atoms with Crippen LogP contribution < -0.4 is 15.5 Å². The summed E-state index contributed by atoms with van der Waals surface area (Å²) >= 11 is 0. The Hall–Kier alpha value is -1.51. The van der Waals surface area contributed by atoms with Crippen molar-refractivity contribution >= 4 is 28.7 Å². The van der Waals surface area contributed by atoms with Crippen LogP contribution in [0.4, 0.5) is 0 Å². The third kappa shape index (κ3) is 5.29. The predicted molar refractivity (Wildman–Crippen MR) is 129 cm³/mol. The maximum atomic E-state index is 11.7. The first-order valence-electron chi connectivity index (χ1n) is 10.9. The van der Waals surface area contributed by atoms with Gasteiger partial charge in [0.1, 0.15) is 0 Å². The lowest BCUT2D eigenvalue weighted by Gasteiger charge is -2.44. The van der Waals surface area contributed by atoms with Crippen LogP contribution in [-0.4, -0.2) is 41.3 Å². The molecular formula is C24H35NO4SSi. The molecule has 0 aliphatic carbocycles. The molecule has 2 aromatic rings. The van der Waals surface area contributed by atoms with Crippen molar-refractivity contribution in [2.24, 2.45) is 11.1 Å². The van der Waals surface area contributed by atoms with E-state index >= 15 is 0 Å². The molecule has 1 saturated heterocycles. The van der Waals surface area contributed by atoms with Gasteiger partial charge in [0.2, 0.25) is 10.0 Å². The Balaban J connectivity index is 1.83. The molecule has 1 fully saturated rings. The summed E-state index contributed by atoms with van der Waals surface area (Å²) in [5.41, 5.74) is 0. The van der Waals surface area contributed by atoms with Gasteiger partial charge < -0.3 is 9.16 Å². The van der Waals surface area contributed by atoms with E-state index in [1.54, 1.807) is 6.92 Å². The fraction of sp³-hybridized carbons (Fsp3) is 0.500. The standard InChI is InChI=1S/C24H35NO4SSi/c1-19(30(25,26)27)20-15-16-21(28-17-20)18-29-31(24(2,3)4,22-11-7-5-8-12-22)23-13-9-6-10-14-23/h5-14,19-21H,15-18H2,1-4H3,(H2,25,26,27)/t19?,20-,21+/m0/s1. The SMILES string of the molecule is CC([C@H]1CC[C@H](CO[Si](c2ccccc2)(c2ccccc2)C(C)(C)C)OC1)S(N)(=O)=O. The molecule has 1 aliphatic rings. The van der Waals surface area contributed by atoms with Gasteiger partial charge in [-0.15, -0.1) is 0 Å². The average Bonchev–Trinajstić information content (AvgIpc) is 2.74. The van der Waals surface area contributed by atoms with Crippen molar-refractivity contribution in [1.82, 2.24) is 0 Å². The molecule has 0 amide bonds. The van der Waals surface area contributed by atoms with Crippen molar-refractivity contribution in [2.75, 3.05) is 13.2 Å². The quantitative estimate of drug-likeness (QED) is 0.643. The van der Waals surface area contributed by atoms with Crippen molar-refractivity contribution in [2.45, 2.75) is 56.9 Å². The van der Waals surface area contributed by atoms with Gasteiger partial charge >= 0.3 is 0 Å². The Morgan fingerprint density at radius 2 is 1.55 bits per heavy atom. The number of rotatable bonds is 7. The van der Waals surface area contributed by atoms with E-state index < -0.39 is 23.6 Å². The van der Waals surface area contributed by atoms with Gasteiger partial charge in [-0.2, -0.15) is 0 Å². The van der Waals surface area contributed by atoms with Gasteiger partial charge in [0, 0.05) is 5.92 Å². The first-order chi connectivity index (χ1) is 14.6. The van der Waals surface area contributed by atoms with Gasteiger partial charge in [0.05, 0.1) is 24.6 Å². The summed E-state index contributed by atoms with van der Waals surface area (Å²) in [5.74, 6) is -0.0703. The first-order valence-corrected chi connectivity index (χ1v) is 14.5. The maximum Gasteiger partial charge on any atom is 0.261 e. The molecule has 1 aliphatic heterocycles. The van der Waals surface area contributed by atoms with Crippen LogP contribution in [0, 0.1) is 5.92 Å². The second-order valence-electron chi connectivity index (χ2n) is 9.56. The van der Waals surface area contributed by atoms with Gasteiger partial charge in [0.25, 0.3) is 8.32 Å². The minimum Gasteiger partial charge on any atom is -0.405 e. The fourth-order valence-electron chi connectivity index (χ4n) is 4.58. The molecule has 3 rings (SSSR count). The molecule has 5 nitrogen and oxygen atoms in total. The highest BCUT2D eigenvalue weighted by atomic mass is 32.2. The van der Waals surface area contributed by atoms with Gasteiger partial charge in [-0.25, -0.2) is 13.6 Å². The fourth-order valence-corrected chi connectivity index (χ4v) is 9.92. The first kappa shape index (κ1) is 24.1. The third-order valence-corrected chi connectivity index (χ3v) is 12.9. The topological polar surface area (TPSA) is 78.6 Å². The summed E-state index contributed by atoms with van der Waals surface area (Å²) in [6.07, 6.45) is 1.49. The summed E-state index contributed by atoms with van der Waals surface area (Å²) < 4.78 is 36.4. The van der Waals surface area contributed by atoms with Gasteiger partial charge in [0.15, 0.2) is 0 Å². The number of nitrogens with two attached hydrogens (primary N) is 1. The lowest BCUT2D eigenvalue weighted by molar-refractivity contribution is -0.0390. The lowest BCUT2D eigenvalue weighted by Crippen LogP contribution is -2.67. The molecule has 1 unspecified atom stereocenters. The van der Waals surface area contributed by atoms with E-state index in [-0.39, 0.29) is 17.1 Å². The van der Waals surface area contributed by atoms with Crippen molar-refractivity contribution in [3.05, 3.63) is 60.7 Å². The summed E-state index contributed by atoms with van der Waals surface area (Å²) in [7, 11) is -6.15. The molecule has 0 bridgehead atoms. The Kier molecular flexibility index (Phi) is 7.43. The van der Waals surface area contributed by atoms with Crippen LogP contribution in [0.15, 0.2) is 60.7 Å². The van der Waals surface area contributed by atoms with Gasteiger partial charge in [-0.3, -0.25) is 0 Å². The highest BCUT2D eigenvalue weighted by molar-refractivity contribution is 7.89. The smallest absolute Gasteiger partial charge is 0.261 e. The van der Waals surface area contributed by atoms with Crippen LogP contribution in [0.25, 0.3) is 0 Å². The lowest BCUT2D eigenvalue weighted by atomic mass is 9.96. The van der Waals surface area contributed by atoms with Crippen LogP contribution in [0.1, 0.15) is 40.5 Å². The molecule has 0 radical (unpaired) electrons. The summed E-state index contributed by atoms with van der Waals surface area (Å²) in [6.45, 7) is 9.32. The van der Waals surface area contributed by atoms with Crippen molar-refractivity contribution in [3.8, 4) is 0 Å². The molecule has 1 heterocycles. The molecule has 0 spiro atoms. The second-order valence-corrected chi connectivity index (χ2v) is 15.8. The summed E-state index contributed by atoms with van der Waals surface area (Å²) in [4.78, 5) is 0. The van der Waals surface area contributed by atoms with E-state index in [1.807, 2.05) is 12.1 Å². The second kappa shape index (κ2) is 9.54. The van der Waals surface area contributed by atoms with E-state index in [2.05, 4.69) is 69.3 Å². The van der Waals surface area contributed by atoms with Crippen molar-refractivity contribution < 1.29 is 17.6 Å². The molecular weight excluding hydrogens is 426 g/mol. The Labute approximate surface area is 188 Å². The van der Waals surface area contributed by atoms with Gasteiger partial charge in [-0.05, 0) is 35.2 Å². The highest BCUT2D eigenvalue weighted by Gasteiger charge is 2.50. The maximum absolute atomic E-state index is 11.7. The Morgan fingerprint density at radius 3 is 1.94 bits per heavy atom. The molecule has 3 atom stereocenters. The number of hydrogen-bond donors (Lipinski definition) is 1. The molecule has 2 aromatic carbocycles. The van der Waals surface area contributed by atoms with Crippen LogP contribution in [0.3, 0.4) is 0 Å². The highest BCUT2D eigenvalue weighted by Crippen LogP contribution is 2.37.